The molecule has 2 amide bonds. The van der Waals surface area contributed by atoms with Gasteiger partial charge in [-0.3, -0.25) is 14.5 Å². The lowest BCUT2D eigenvalue weighted by molar-refractivity contribution is -0.133. The molecule has 2 aromatic carbocycles. The average molecular weight is 634 g/mol. The van der Waals surface area contributed by atoms with Crippen LogP contribution in [-0.4, -0.2) is 75.5 Å². The van der Waals surface area contributed by atoms with Crippen LogP contribution in [0.5, 0.6) is 0 Å². The van der Waals surface area contributed by atoms with Crippen LogP contribution < -0.4 is 5.73 Å². The van der Waals surface area contributed by atoms with Crippen molar-refractivity contribution >= 4 is 35.0 Å². The second-order valence-electron chi connectivity index (χ2n) is 11.6. The summed E-state index contributed by atoms with van der Waals surface area (Å²) >= 11 is 12.5. The van der Waals surface area contributed by atoms with Crippen LogP contribution in [0.25, 0.3) is 16.9 Å². The predicted octanol–water partition coefficient (Wildman–Crippen LogP) is 5.88. The van der Waals surface area contributed by atoms with Gasteiger partial charge >= 0.3 is 0 Å². The molecule has 0 radical (unpaired) electrons. The highest BCUT2D eigenvalue weighted by atomic mass is 35.5. The first-order valence-corrected chi connectivity index (χ1v) is 15.3. The Balaban J connectivity index is 1.54. The van der Waals surface area contributed by atoms with Gasteiger partial charge in [0.15, 0.2) is 0 Å². The van der Waals surface area contributed by atoms with Gasteiger partial charge in [0.1, 0.15) is 5.54 Å². The number of nitrogens with two attached hydrogens (primary N) is 1. The van der Waals surface area contributed by atoms with E-state index in [1.807, 2.05) is 43.3 Å². The number of rotatable bonds is 9. The summed E-state index contributed by atoms with van der Waals surface area (Å²) in [6.45, 7) is 2.00. The Kier molecular flexibility index (Phi) is 9.18. The molecule has 230 valence electrons. The van der Waals surface area contributed by atoms with Gasteiger partial charge in [-0.2, -0.15) is 0 Å². The molecule has 2 aliphatic rings. The molecule has 3 aromatic rings. The zero-order valence-electron chi connectivity index (χ0n) is 24.1. The molecule has 2 aliphatic heterocycles. The Morgan fingerprint density at radius 1 is 0.953 bits per heavy atom. The second kappa shape index (κ2) is 12.6. The van der Waals surface area contributed by atoms with Crippen molar-refractivity contribution in [2.45, 2.75) is 56.9 Å². The Morgan fingerprint density at radius 3 is 2.21 bits per heavy atom. The number of likely N-dealkylation sites (tertiary alicyclic amines) is 2. The van der Waals surface area contributed by atoms with Gasteiger partial charge in [0.05, 0.1) is 17.8 Å². The smallest absolute Gasteiger partial charge is 0.261 e. The van der Waals surface area contributed by atoms with Gasteiger partial charge in [-0.15, -0.1) is 0 Å². The molecule has 3 heterocycles. The first kappa shape index (κ1) is 31.4. The molecule has 2 fully saturated rings. The third-order valence-corrected chi connectivity index (χ3v) is 9.30. The van der Waals surface area contributed by atoms with Crippen LogP contribution in [0, 0.1) is 6.92 Å². The number of amides is 2. The molecule has 0 bridgehead atoms. The highest BCUT2D eigenvalue weighted by Crippen LogP contribution is 2.39. The molecule has 7 nitrogen and oxygen atoms in total. The lowest BCUT2D eigenvalue weighted by Gasteiger charge is -2.45. The van der Waals surface area contributed by atoms with Crippen molar-refractivity contribution in [1.29, 1.82) is 0 Å². The molecule has 5 rings (SSSR count). The van der Waals surface area contributed by atoms with Gasteiger partial charge in [0, 0.05) is 59.7 Å². The van der Waals surface area contributed by atoms with Crippen molar-refractivity contribution in [2.75, 3.05) is 32.8 Å². The monoisotopic (exact) mass is 632 g/mol. The van der Waals surface area contributed by atoms with Crippen LogP contribution in [0.1, 0.15) is 53.7 Å². The minimum Gasteiger partial charge on any atom is -0.396 e. The van der Waals surface area contributed by atoms with Crippen LogP contribution in [-0.2, 0) is 11.2 Å². The summed E-state index contributed by atoms with van der Waals surface area (Å²) in [6.07, 6.45) is 1.81. The number of primary amides is 1. The predicted molar refractivity (Wildman–Crippen MR) is 164 cm³/mol. The largest absolute Gasteiger partial charge is 0.396 e. The SMILES string of the molecule is Cc1cc(Cl)ccc1-c1cc(C(=O)N2CCC(C(N)=O)(N3CCC(F)(F)C3)CC2)c(CCCCO)n1-c1ccc(Cl)cc1. The number of hydrogen-bond acceptors (Lipinski definition) is 4. The fraction of sp³-hybridized carbons (Fsp3) is 0.438. The van der Waals surface area contributed by atoms with Crippen molar-refractivity contribution in [1.82, 2.24) is 14.4 Å². The Bertz CT molecular complexity index is 1500. The molecule has 0 aliphatic carbocycles. The maximum Gasteiger partial charge on any atom is 0.261 e. The van der Waals surface area contributed by atoms with Gasteiger partial charge in [-0.25, -0.2) is 8.78 Å². The first-order valence-electron chi connectivity index (χ1n) is 14.6. The average Bonchev–Trinajstić information content (AvgIpc) is 3.53. The number of aromatic nitrogens is 1. The number of hydrogen-bond donors (Lipinski definition) is 2. The maximum absolute atomic E-state index is 14.3. The van der Waals surface area contributed by atoms with E-state index in [4.69, 9.17) is 28.9 Å². The molecule has 0 atom stereocenters. The number of carbonyl (C=O) groups excluding carboxylic acids is 2. The quantitative estimate of drug-likeness (QED) is 0.288. The Morgan fingerprint density at radius 2 is 1.63 bits per heavy atom. The van der Waals surface area contributed by atoms with Crippen molar-refractivity contribution in [3.05, 3.63) is 75.4 Å². The lowest BCUT2D eigenvalue weighted by Crippen LogP contribution is -2.62. The van der Waals surface area contributed by atoms with Gasteiger partial charge in [0.25, 0.3) is 11.8 Å². The van der Waals surface area contributed by atoms with Crippen LogP contribution in [0.3, 0.4) is 0 Å². The van der Waals surface area contributed by atoms with E-state index in [1.165, 1.54) is 4.90 Å². The second-order valence-corrected chi connectivity index (χ2v) is 12.4. The molecule has 2 saturated heterocycles. The zero-order chi connectivity index (χ0) is 30.9. The van der Waals surface area contributed by atoms with E-state index in [-0.39, 0.29) is 51.4 Å². The number of halogens is 4. The van der Waals surface area contributed by atoms with Crippen LogP contribution in [0.2, 0.25) is 10.0 Å². The Hall–Kier alpha value is -2.98. The first-order chi connectivity index (χ1) is 20.5. The van der Waals surface area contributed by atoms with E-state index in [0.29, 0.717) is 34.9 Å². The highest BCUT2D eigenvalue weighted by molar-refractivity contribution is 6.31. The third kappa shape index (κ3) is 6.32. The molecule has 43 heavy (non-hydrogen) atoms. The lowest BCUT2D eigenvalue weighted by atomic mass is 9.84. The summed E-state index contributed by atoms with van der Waals surface area (Å²) in [5.74, 6) is -3.69. The summed E-state index contributed by atoms with van der Waals surface area (Å²) in [6, 6.07) is 14.9. The topological polar surface area (TPSA) is 91.8 Å². The number of aryl methyl sites for hydroxylation is 1. The van der Waals surface area contributed by atoms with Crippen LogP contribution in [0.15, 0.2) is 48.5 Å². The fourth-order valence-electron chi connectivity index (χ4n) is 6.45. The summed E-state index contributed by atoms with van der Waals surface area (Å²) in [5.41, 5.74) is 9.38. The van der Waals surface area contributed by atoms with Crippen molar-refractivity contribution in [2.24, 2.45) is 5.73 Å². The molecule has 0 saturated carbocycles. The summed E-state index contributed by atoms with van der Waals surface area (Å²) < 4.78 is 30.2. The number of alkyl halides is 2. The molecular weight excluding hydrogens is 597 g/mol. The van der Waals surface area contributed by atoms with Gasteiger partial charge < -0.3 is 20.3 Å². The molecule has 0 unspecified atom stereocenters. The molecule has 0 spiro atoms. The maximum atomic E-state index is 14.3. The van der Waals surface area contributed by atoms with Gasteiger partial charge in [0.2, 0.25) is 5.91 Å². The van der Waals surface area contributed by atoms with Gasteiger partial charge in [-0.05, 0) is 87.1 Å². The van der Waals surface area contributed by atoms with E-state index in [9.17, 15) is 23.5 Å². The summed E-state index contributed by atoms with van der Waals surface area (Å²) in [7, 11) is 0. The van der Waals surface area contributed by atoms with Crippen LogP contribution >= 0.6 is 23.2 Å². The van der Waals surface area contributed by atoms with Gasteiger partial charge in [-0.1, -0.05) is 29.3 Å². The summed E-state index contributed by atoms with van der Waals surface area (Å²) in [5, 5.41) is 10.7. The van der Waals surface area contributed by atoms with Crippen molar-refractivity contribution < 1.29 is 23.5 Å². The van der Waals surface area contributed by atoms with Crippen molar-refractivity contribution in [3.8, 4) is 16.9 Å². The van der Waals surface area contributed by atoms with E-state index in [2.05, 4.69) is 4.57 Å². The Labute approximate surface area is 260 Å². The van der Waals surface area contributed by atoms with E-state index >= 15 is 0 Å². The summed E-state index contributed by atoms with van der Waals surface area (Å²) in [4.78, 5) is 30.1. The minimum absolute atomic E-state index is 0.0327. The third-order valence-electron chi connectivity index (χ3n) is 8.82. The molecule has 11 heteroatoms. The highest BCUT2D eigenvalue weighted by Gasteiger charge is 2.52. The number of nitrogens with zero attached hydrogens (tertiary/aromatic N) is 3. The minimum atomic E-state index is -2.86. The number of unbranched alkanes of at least 4 members (excludes halogenated alkanes) is 1. The van der Waals surface area contributed by atoms with E-state index in [0.717, 1.165) is 28.2 Å². The van der Waals surface area contributed by atoms with Crippen molar-refractivity contribution in [3.63, 3.8) is 0 Å². The molecule has 3 N–H and O–H groups in total. The normalized spacial score (nSPS) is 18.2. The number of benzene rings is 2. The number of carbonyl (C=O) groups is 2. The number of aliphatic hydroxyl groups excluding tert-OH is 1. The molecular formula is C32H36Cl2F2N4O3. The zero-order valence-corrected chi connectivity index (χ0v) is 25.6. The standard InChI is InChI=1S/C32H36Cl2F2N4O3/c1-21-18-23(34)7-10-25(21)28-19-26(27(4-2-3-17-41)40(28)24-8-5-22(33)6-9-24)29(42)38-14-11-31(12-15-38,30(37)43)39-16-13-32(35,36)20-39/h5-10,18-19,41H,2-4,11-17,20H2,1H3,(H2,37,43). The number of aliphatic hydroxyl groups is 1. The fourth-order valence-corrected chi connectivity index (χ4v) is 6.81. The number of piperidine rings is 1. The van der Waals surface area contributed by atoms with E-state index in [1.54, 1.807) is 17.0 Å². The van der Waals surface area contributed by atoms with E-state index < -0.39 is 23.9 Å². The van der Waals surface area contributed by atoms with Crippen LogP contribution in [0.4, 0.5) is 8.78 Å². The molecule has 1 aromatic heterocycles.